The van der Waals surface area contributed by atoms with Crippen molar-refractivity contribution in [3.8, 4) is 0 Å². The SMILES string of the molecule is CC(O)/C=C/C(=O)c1ccccc1. The van der Waals surface area contributed by atoms with Gasteiger partial charge in [0.05, 0.1) is 6.10 Å². The lowest BCUT2D eigenvalue weighted by atomic mass is 10.1. The van der Waals surface area contributed by atoms with Crippen molar-refractivity contribution in [3.05, 3.63) is 48.0 Å². The van der Waals surface area contributed by atoms with Crippen molar-refractivity contribution in [3.63, 3.8) is 0 Å². The second-order valence-electron chi connectivity index (χ2n) is 2.83. The lowest BCUT2D eigenvalue weighted by Crippen LogP contribution is -1.97. The van der Waals surface area contributed by atoms with Gasteiger partial charge in [-0.05, 0) is 13.0 Å². The number of hydrogen-bond acceptors (Lipinski definition) is 2. The predicted octanol–water partition coefficient (Wildman–Crippen LogP) is 1.81. The first-order valence-electron chi connectivity index (χ1n) is 4.16. The number of aliphatic hydroxyl groups is 1. The van der Waals surface area contributed by atoms with E-state index < -0.39 is 6.10 Å². The zero-order valence-electron chi connectivity index (χ0n) is 7.47. The quantitative estimate of drug-likeness (QED) is 0.563. The molecule has 0 radical (unpaired) electrons. The zero-order valence-corrected chi connectivity index (χ0v) is 7.47. The van der Waals surface area contributed by atoms with Gasteiger partial charge in [-0.1, -0.05) is 36.4 Å². The molecule has 0 bridgehead atoms. The molecular weight excluding hydrogens is 164 g/mol. The van der Waals surface area contributed by atoms with Gasteiger partial charge in [-0.15, -0.1) is 0 Å². The molecule has 0 aliphatic carbocycles. The predicted molar refractivity (Wildman–Crippen MR) is 51.6 cm³/mol. The van der Waals surface area contributed by atoms with Gasteiger partial charge in [0.1, 0.15) is 0 Å². The highest BCUT2D eigenvalue weighted by Crippen LogP contribution is 2.00. The molecule has 0 saturated heterocycles. The summed E-state index contributed by atoms with van der Waals surface area (Å²) in [6.45, 7) is 1.61. The molecule has 0 spiro atoms. The number of rotatable bonds is 3. The Morgan fingerprint density at radius 2 is 2.00 bits per heavy atom. The van der Waals surface area contributed by atoms with Gasteiger partial charge in [0, 0.05) is 5.56 Å². The van der Waals surface area contributed by atoms with Crippen molar-refractivity contribution in [1.82, 2.24) is 0 Å². The summed E-state index contributed by atoms with van der Waals surface area (Å²) in [4.78, 5) is 11.4. The lowest BCUT2D eigenvalue weighted by Gasteiger charge is -1.95. The monoisotopic (exact) mass is 176 g/mol. The Kier molecular flexibility index (Phi) is 3.41. The van der Waals surface area contributed by atoms with Crippen LogP contribution in [0.3, 0.4) is 0 Å². The van der Waals surface area contributed by atoms with E-state index in [4.69, 9.17) is 5.11 Å². The Balaban J connectivity index is 2.70. The van der Waals surface area contributed by atoms with Crippen LogP contribution in [0.5, 0.6) is 0 Å². The van der Waals surface area contributed by atoms with Crippen LogP contribution >= 0.6 is 0 Å². The first-order chi connectivity index (χ1) is 6.20. The lowest BCUT2D eigenvalue weighted by molar-refractivity contribution is 0.104. The molecule has 1 aromatic carbocycles. The van der Waals surface area contributed by atoms with Gasteiger partial charge in [0.2, 0.25) is 0 Å². The molecule has 0 amide bonds. The Morgan fingerprint density at radius 1 is 1.38 bits per heavy atom. The molecule has 2 nitrogen and oxygen atoms in total. The fourth-order valence-electron chi connectivity index (χ4n) is 0.925. The van der Waals surface area contributed by atoms with Gasteiger partial charge in [-0.25, -0.2) is 0 Å². The summed E-state index contributed by atoms with van der Waals surface area (Å²) < 4.78 is 0. The van der Waals surface area contributed by atoms with E-state index in [0.717, 1.165) is 0 Å². The van der Waals surface area contributed by atoms with E-state index in [1.165, 1.54) is 12.2 Å². The summed E-state index contributed by atoms with van der Waals surface area (Å²) in [5.74, 6) is -0.0819. The van der Waals surface area contributed by atoms with Crippen molar-refractivity contribution in [2.24, 2.45) is 0 Å². The highest BCUT2D eigenvalue weighted by atomic mass is 16.3. The Labute approximate surface area is 77.5 Å². The smallest absolute Gasteiger partial charge is 0.185 e. The van der Waals surface area contributed by atoms with E-state index in [2.05, 4.69) is 0 Å². The normalized spacial score (nSPS) is 13.1. The summed E-state index contributed by atoms with van der Waals surface area (Å²) in [5, 5.41) is 8.91. The summed E-state index contributed by atoms with van der Waals surface area (Å²) in [6, 6.07) is 8.96. The minimum Gasteiger partial charge on any atom is -0.389 e. The Bertz CT molecular complexity index is 299. The van der Waals surface area contributed by atoms with Crippen LogP contribution in [0.25, 0.3) is 0 Å². The fraction of sp³-hybridized carbons (Fsp3) is 0.182. The molecule has 0 saturated carbocycles. The van der Waals surface area contributed by atoms with Crippen LogP contribution in [0.2, 0.25) is 0 Å². The first kappa shape index (κ1) is 9.68. The van der Waals surface area contributed by atoms with Crippen molar-refractivity contribution < 1.29 is 9.90 Å². The minimum absolute atomic E-state index is 0.0819. The number of ketones is 1. The van der Waals surface area contributed by atoms with Crippen LogP contribution < -0.4 is 0 Å². The van der Waals surface area contributed by atoms with Crippen LogP contribution in [0.15, 0.2) is 42.5 Å². The maximum Gasteiger partial charge on any atom is 0.185 e. The topological polar surface area (TPSA) is 37.3 Å². The second-order valence-corrected chi connectivity index (χ2v) is 2.83. The van der Waals surface area contributed by atoms with Crippen molar-refractivity contribution in [2.45, 2.75) is 13.0 Å². The van der Waals surface area contributed by atoms with Crippen LogP contribution in [-0.2, 0) is 0 Å². The molecular formula is C11H12O2. The van der Waals surface area contributed by atoms with Gasteiger partial charge < -0.3 is 5.11 Å². The molecule has 1 rings (SSSR count). The van der Waals surface area contributed by atoms with Gasteiger partial charge in [0.25, 0.3) is 0 Å². The third-order valence-corrected chi connectivity index (χ3v) is 1.58. The number of allylic oxidation sites excluding steroid dienone is 1. The number of benzene rings is 1. The van der Waals surface area contributed by atoms with Crippen LogP contribution in [0, 0.1) is 0 Å². The average molecular weight is 176 g/mol. The molecule has 0 heterocycles. The van der Waals surface area contributed by atoms with E-state index in [0.29, 0.717) is 5.56 Å². The molecule has 1 unspecified atom stereocenters. The third-order valence-electron chi connectivity index (χ3n) is 1.58. The third kappa shape index (κ3) is 3.22. The van der Waals surface area contributed by atoms with Crippen LogP contribution in [-0.4, -0.2) is 17.0 Å². The molecule has 68 valence electrons. The van der Waals surface area contributed by atoms with Gasteiger partial charge in [-0.2, -0.15) is 0 Å². The van der Waals surface area contributed by atoms with Crippen molar-refractivity contribution in [1.29, 1.82) is 0 Å². The van der Waals surface area contributed by atoms with Crippen LogP contribution in [0.4, 0.5) is 0 Å². The highest BCUT2D eigenvalue weighted by molar-refractivity contribution is 6.04. The van der Waals surface area contributed by atoms with E-state index in [1.54, 1.807) is 19.1 Å². The first-order valence-corrected chi connectivity index (χ1v) is 4.16. The molecule has 0 aromatic heterocycles. The zero-order chi connectivity index (χ0) is 9.68. The van der Waals surface area contributed by atoms with Crippen molar-refractivity contribution in [2.75, 3.05) is 0 Å². The largest absolute Gasteiger partial charge is 0.389 e. The summed E-state index contributed by atoms with van der Waals surface area (Å²) in [7, 11) is 0. The van der Waals surface area contributed by atoms with Gasteiger partial charge >= 0.3 is 0 Å². The number of carbonyl (C=O) groups excluding carboxylic acids is 1. The van der Waals surface area contributed by atoms with E-state index in [-0.39, 0.29) is 5.78 Å². The molecule has 0 aliphatic rings. The molecule has 1 aromatic rings. The molecule has 1 N–H and O–H groups in total. The van der Waals surface area contributed by atoms with E-state index in [9.17, 15) is 4.79 Å². The maximum atomic E-state index is 11.4. The standard InChI is InChI=1S/C11H12O2/c1-9(12)7-8-11(13)10-5-3-2-4-6-10/h2-9,12H,1H3/b8-7+. The Hall–Kier alpha value is -1.41. The van der Waals surface area contributed by atoms with Crippen LogP contribution in [0.1, 0.15) is 17.3 Å². The fourth-order valence-corrected chi connectivity index (χ4v) is 0.925. The van der Waals surface area contributed by atoms with E-state index >= 15 is 0 Å². The molecule has 1 atom stereocenters. The second kappa shape index (κ2) is 4.58. The highest BCUT2D eigenvalue weighted by Gasteiger charge is 1.99. The molecule has 2 heteroatoms. The van der Waals surface area contributed by atoms with E-state index in [1.807, 2.05) is 18.2 Å². The summed E-state index contributed by atoms with van der Waals surface area (Å²) in [5.41, 5.74) is 0.638. The van der Waals surface area contributed by atoms with Gasteiger partial charge in [-0.3, -0.25) is 4.79 Å². The maximum absolute atomic E-state index is 11.4. The van der Waals surface area contributed by atoms with Crippen molar-refractivity contribution >= 4 is 5.78 Å². The number of aliphatic hydroxyl groups excluding tert-OH is 1. The Morgan fingerprint density at radius 3 is 2.54 bits per heavy atom. The van der Waals surface area contributed by atoms with Gasteiger partial charge in [0.15, 0.2) is 5.78 Å². The minimum atomic E-state index is -0.576. The number of hydrogen-bond donors (Lipinski definition) is 1. The molecule has 0 aliphatic heterocycles. The average Bonchev–Trinajstić information content (AvgIpc) is 2.15. The summed E-state index contributed by atoms with van der Waals surface area (Å²) in [6.07, 6.45) is 2.28. The summed E-state index contributed by atoms with van der Waals surface area (Å²) >= 11 is 0. The molecule has 0 fully saturated rings. The number of carbonyl (C=O) groups is 1. The molecule has 13 heavy (non-hydrogen) atoms.